The molecule has 28 heavy (non-hydrogen) atoms. The minimum Gasteiger partial charge on any atom is -0.393 e. The van der Waals surface area contributed by atoms with Crippen LogP contribution in [0.25, 0.3) is 11.0 Å². The molecule has 4 rings (SSSR count). The van der Waals surface area contributed by atoms with Gasteiger partial charge in [0.1, 0.15) is 5.65 Å². The number of unbranched alkanes of at least 4 members (excludes halogenated alkanes) is 1. The largest absolute Gasteiger partial charge is 0.393 e. The summed E-state index contributed by atoms with van der Waals surface area (Å²) in [4.78, 5) is 12.0. The second kappa shape index (κ2) is 8.78. The highest BCUT2D eigenvalue weighted by atomic mass is 16.3. The van der Waals surface area contributed by atoms with Crippen molar-refractivity contribution in [2.75, 3.05) is 32.0 Å². The average molecular weight is 386 g/mol. The molecule has 2 aliphatic rings. The van der Waals surface area contributed by atoms with Gasteiger partial charge in [0.2, 0.25) is 5.95 Å². The molecule has 1 aliphatic heterocycles. The Balaban J connectivity index is 1.67. The molecule has 0 bridgehead atoms. The van der Waals surface area contributed by atoms with Crippen LogP contribution in [0.3, 0.4) is 0 Å². The van der Waals surface area contributed by atoms with Crippen molar-refractivity contribution in [2.45, 2.75) is 76.4 Å². The lowest BCUT2D eigenvalue weighted by Gasteiger charge is -2.29. The van der Waals surface area contributed by atoms with Crippen molar-refractivity contribution in [1.29, 1.82) is 0 Å². The molecule has 2 N–H and O–H groups in total. The Kier molecular flexibility index (Phi) is 6.16. The summed E-state index contributed by atoms with van der Waals surface area (Å²) < 4.78 is 2.40. The van der Waals surface area contributed by atoms with E-state index < -0.39 is 0 Å². The van der Waals surface area contributed by atoms with Crippen molar-refractivity contribution >= 4 is 17.0 Å². The SMILES string of the molecule is CCCCNc1ncc2c(C3CCN(C)CC3)cn(C3CCC(O)CC3)c2n1. The normalized spacial score (nSPS) is 24.7. The van der Waals surface area contributed by atoms with Crippen LogP contribution in [0.5, 0.6) is 0 Å². The molecule has 6 nitrogen and oxygen atoms in total. The van der Waals surface area contributed by atoms with E-state index in [1.807, 2.05) is 6.20 Å². The molecule has 2 aromatic heterocycles. The van der Waals surface area contributed by atoms with E-state index >= 15 is 0 Å². The Hall–Kier alpha value is -1.66. The van der Waals surface area contributed by atoms with Crippen molar-refractivity contribution in [2.24, 2.45) is 0 Å². The highest BCUT2D eigenvalue weighted by Crippen LogP contribution is 2.38. The summed E-state index contributed by atoms with van der Waals surface area (Å²) in [6.45, 7) is 5.43. The van der Waals surface area contributed by atoms with E-state index in [0.29, 0.717) is 12.0 Å². The van der Waals surface area contributed by atoms with Crippen LogP contribution < -0.4 is 5.32 Å². The van der Waals surface area contributed by atoms with Crippen molar-refractivity contribution < 1.29 is 5.11 Å². The molecule has 3 heterocycles. The zero-order valence-electron chi connectivity index (χ0n) is 17.4. The second-order valence-electron chi connectivity index (χ2n) is 8.74. The van der Waals surface area contributed by atoms with Crippen LogP contribution >= 0.6 is 0 Å². The lowest BCUT2D eigenvalue weighted by molar-refractivity contribution is 0.111. The third-order valence-electron chi connectivity index (χ3n) is 6.63. The number of nitrogens with one attached hydrogen (secondary N) is 1. The van der Waals surface area contributed by atoms with Crippen molar-refractivity contribution in [1.82, 2.24) is 19.4 Å². The average Bonchev–Trinajstić information content (AvgIpc) is 3.08. The molecule has 2 fully saturated rings. The number of aliphatic hydroxyl groups excluding tert-OH is 1. The first-order valence-corrected chi connectivity index (χ1v) is 11.1. The van der Waals surface area contributed by atoms with Crippen LogP contribution in [0.4, 0.5) is 5.95 Å². The van der Waals surface area contributed by atoms with Gasteiger partial charge in [0.05, 0.1) is 6.10 Å². The van der Waals surface area contributed by atoms with Gasteiger partial charge in [-0.25, -0.2) is 4.98 Å². The molecular weight excluding hydrogens is 350 g/mol. The van der Waals surface area contributed by atoms with Crippen molar-refractivity contribution in [3.63, 3.8) is 0 Å². The van der Waals surface area contributed by atoms with Gasteiger partial charge in [-0.2, -0.15) is 4.98 Å². The molecule has 0 radical (unpaired) electrons. The van der Waals surface area contributed by atoms with Crippen LogP contribution in [0, 0.1) is 0 Å². The predicted octanol–water partition coefficient (Wildman–Crippen LogP) is 3.93. The number of hydrogen-bond donors (Lipinski definition) is 2. The Morgan fingerprint density at radius 1 is 1.14 bits per heavy atom. The van der Waals surface area contributed by atoms with Crippen LogP contribution in [0.1, 0.15) is 75.8 Å². The summed E-state index contributed by atoms with van der Waals surface area (Å²) in [6, 6.07) is 0.435. The molecular formula is C22H35N5O. The lowest BCUT2D eigenvalue weighted by Crippen LogP contribution is -2.29. The number of aliphatic hydroxyl groups is 1. The van der Waals surface area contributed by atoms with Gasteiger partial charge in [0, 0.05) is 30.4 Å². The van der Waals surface area contributed by atoms with E-state index in [1.165, 1.54) is 23.8 Å². The first-order valence-electron chi connectivity index (χ1n) is 11.1. The Morgan fingerprint density at radius 3 is 2.61 bits per heavy atom. The third kappa shape index (κ3) is 4.18. The predicted molar refractivity (Wildman–Crippen MR) is 114 cm³/mol. The molecule has 0 aromatic carbocycles. The fraction of sp³-hybridized carbons (Fsp3) is 0.727. The molecule has 1 saturated heterocycles. The molecule has 2 aromatic rings. The molecule has 1 saturated carbocycles. The highest BCUT2D eigenvalue weighted by molar-refractivity contribution is 5.81. The van der Waals surface area contributed by atoms with Crippen LogP contribution in [0.15, 0.2) is 12.4 Å². The number of nitrogens with zero attached hydrogens (tertiary/aromatic N) is 4. The van der Waals surface area contributed by atoms with Crippen LogP contribution in [-0.2, 0) is 0 Å². The van der Waals surface area contributed by atoms with E-state index in [0.717, 1.165) is 69.8 Å². The molecule has 1 aliphatic carbocycles. The van der Waals surface area contributed by atoms with Crippen LogP contribution in [0.2, 0.25) is 0 Å². The third-order valence-corrected chi connectivity index (χ3v) is 6.63. The fourth-order valence-electron chi connectivity index (χ4n) is 4.78. The zero-order valence-corrected chi connectivity index (χ0v) is 17.4. The zero-order chi connectivity index (χ0) is 19.5. The highest BCUT2D eigenvalue weighted by Gasteiger charge is 2.27. The van der Waals surface area contributed by atoms with Gasteiger partial charge >= 0.3 is 0 Å². The minimum atomic E-state index is -0.132. The number of anilines is 1. The molecule has 0 atom stereocenters. The number of hydrogen-bond acceptors (Lipinski definition) is 5. The topological polar surface area (TPSA) is 66.2 Å². The maximum absolute atomic E-state index is 9.94. The van der Waals surface area contributed by atoms with E-state index in [9.17, 15) is 5.11 Å². The number of fused-ring (bicyclic) bond motifs is 1. The molecule has 0 amide bonds. The maximum Gasteiger partial charge on any atom is 0.224 e. The standard InChI is InChI=1S/C22H35N5O/c1-3-4-11-23-22-24-14-19-20(16-9-12-26(2)13-10-16)15-27(21(19)25-22)17-5-7-18(28)8-6-17/h14-18,28H,3-13H2,1-2H3,(H,23,24,25). The molecule has 154 valence electrons. The van der Waals surface area contributed by atoms with E-state index in [2.05, 4.69) is 39.9 Å². The summed E-state index contributed by atoms with van der Waals surface area (Å²) in [7, 11) is 2.21. The molecule has 0 unspecified atom stereocenters. The molecule has 0 spiro atoms. The Bertz CT molecular complexity index is 773. The Morgan fingerprint density at radius 2 is 1.89 bits per heavy atom. The van der Waals surface area contributed by atoms with Gasteiger partial charge in [-0.15, -0.1) is 0 Å². The quantitative estimate of drug-likeness (QED) is 0.738. The first-order chi connectivity index (χ1) is 13.7. The minimum absolute atomic E-state index is 0.132. The van der Waals surface area contributed by atoms with E-state index in [1.54, 1.807) is 0 Å². The monoisotopic (exact) mass is 385 g/mol. The van der Waals surface area contributed by atoms with Gasteiger partial charge in [0.15, 0.2) is 0 Å². The van der Waals surface area contributed by atoms with Gasteiger partial charge < -0.3 is 19.9 Å². The smallest absolute Gasteiger partial charge is 0.224 e. The van der Waals surface area contributed by atoms with Gasteiger partial charge in [-0.05, 0) is 76.6 Å². The number of rotatable bonds is 6. The van der Waals surface area contributed by atoms with Gasteiger partial charge in [-0.3, -0.25) is 0 Å². The van der Waals surface area contributed by atoms with Crippen LogP contribution in [-0.4, -0.2) is 57.3 Å². The van der Waals surface area contributed by atoms with Crippen molar-refractivity contribution in [3.05, 3.63) is 18.0 Å². The summed E-state index contributed by atoms with van der Waals surface area (Å²) in [5.74, 6) is 1.34. The van der Waals surface area contributed by atoms with E-state index in [4.69, 9.17) is 4.98 Å². The maximum atomic E-state index is 9.94. The Labute approximate surface area is 168 Å². The second-order valence-corrected chi connectivity index (χ2v) is 8.74. The molecule has 6 heteroatoms. The number of aromatic nitrogens is 3. The first kappa shape index (κ1) is 19.6. The fourth-order valence-corrected chi connectivity index (χ4v) is 4.78. The van der Waals surface area contributed by atoms with Crippen molar-refractivity contribution in [3.8, 4) is 0 Å². The van der Waals surface area contributed by atoms with E-state index in [-0.39, 0.29) is 6.10 Å². The number of likely N-dealkylation sites (tertiary alicyclic amines) is 1. The summed E-state index contributed by atoms with van der Waals surface area (Å²) in [6.07, 6.45) is 12.8. The van der Waals surface area contributed by atoms with Gasteiger partial charge in [-0.1, -0.05) is 13.3 Å². The van der Waals surface area contributed by atoms with Gasteiger partial charge in [0.25, 0.3) is 0 Å². The summed E-state index contributed by atoms with van der Waals surface area (Å²) in [5, 5.41) is 14.5. The summed E-state index contributed by atoms with van der Waals surface area (Å²) in [5.41, 5.74) is 2.50. The summed E-state index contributed by atoms with van der Waals surface area (Å²) >= 11 is 0. The lowest BCUT2D eigenvalue weighted by atomic mass is 9.90. The number of piperidine rings is 1.